The molecule has 0 aliphatic carbocycles. The highest BCUT2D eigenvalue weighted by Gasteiger charge is 2.44. The summed E-state index contributed by atoms with van der Waals surface area (Å²) in [4.78, 5) is 25.9. The predicted octanol–water partition coefficient (Wildman–Crippen LogP) is 1.53. The molecule has 4 rings (SSSR count). The van der Waals surface area contributed by atoms with E-state index in [0.717, 1.165) is 28.9 Å². The molecule has 0 spiro atoms. The fourth-order valence-corrected chi connectivity index (χ4v) is 3.75. The number of amides is 1. The van der Waals surface area contributed by atoms with Crippen molar-refractivity contribution in [2.75, 3.05) is 6.61 Å². The number of carbonyl (C=O) groups is 2. The quantitative estimate of drug-likeness (QED) is 0.912. The van der Waals surface area contributed by atoms with E-state index in [1.54, 1.807) is 15.8 Å². The van der Waals surface area contributed by atoms with Crippen LogP contribution in [-0.2, 0) is 29.6 Å². The number of ether oxygens (including phenoxy) is 1. The zero-order valence-electron chi connectivity index (χ0n) is 13.9. The summed E-state index contributed by atoms with van der Waals surface area (Å²) in [6.45, 7) is 0.999. The minimum absolute atomic E-state index is 0.0217. The molecule has 1 fully saturated rings. The van der Waals surface area contributed by atoms with Crippen molar-refractivity contribution in [1.29, 1.82) is 0 Å². The van der Waals surface area contributed by atoms with Crippen LogP contribution in [0.25, 0.3) is 0 Å². The second-order valence-electron chi connectivity index (χ2n) is 6.60. The van der Waals surface area contributed by atoms with Crippen molar-refractivity contribution >= 4 is 11.9 Å². The van der Waals surface area contributed by atoms with E-state index in [9.17, 15) is 14.7 Å². The second-order valence-corrected chi connectivity index (χ2v) is 6.60. The lowest BCUT2D eigenvalue weighted by Crippen LogP contribution is -2.30. The third kappa shape index (κ3) is 2.75. The van der Waals surface area contributed by atoms with Gasteiger partial charge in [0.25, 0.3) is 0 Å². The number of rotatable bonds is 4. The molecule has 0 unspecified atom stereocenters. The number of aliphatic carboxylic acids is 1. The van der Waals surface area contributed by atoms with Crippen LogP contribution in [0.2, 0.25) is 0 Å². The Morgan fingerprint density at radius 1 is 1.44 bits per heavy atom. The van der Waals surface area contributed by atoms with Crippen LogP contribution in [0.15, 0.2) is 30.6 Å². The Morgan fingerprint density at radius 3 is 3.00 bits per heavy atom. The van der Waals surface area contributed by atoms with Crippen molar-refractivity contribution in [3.63, 3.8) is 0 Å². The van der Waals surface area contributed by atoms with Crippen LogP contribution in [0.4, 0.5) is 0 Å². The number of hydrogen-bond donors (Lipinski definition) is 1. The van der Waals surface area contributed by atoms with Crippen LogP contribution in [-0.4, -0.2) is 38.3 Å². The van der Waals surface area contributed by atoms with Crippen LogP contribution in [0.1, 0.15) is 29.2 Å². The molecule has 1 aromatic heterocycles. The molecule has 2 aromatic rings. The number of aromatic nitrogens is 2. The van der Waals surface area contributed by atoms with Gasteiger partial charge >= 0.3 is 5.97 Å². The van der Waals surface area contributed by atoms with Gasteiger partial charge in [-0.25, -0.2) is 0 Å². The minimum atomic E-state index is -0.941. The summed E-state index contributed by atoms with van der Waals surface area (Å²) in [5, 5.41) is 13.8. The van der Waals surface area contributed by atoms with Crippen molar-refractivity contribution < 1.29 is 19.4 Å². The molecule has 2 aliphatic heterocycles. The third-order valence-electron chi connectivity index (χ3n) is 4.92. The topological polar surface area (TPSA) is 84.7 Å². The number of hydrogen-bond acceptors (Lipinski definition) is 4. The molecule has 1 N–H and O–H groups in total. The molecule has 25 heavy (non-hydrogen) atoms. The molecule has 7 heteroatoms. The van der Waals surface area contributed by atoms with Crippen molar-refractivity contribution in [2.24, 2.45) is 13.0 Å². The first-order valence-electron chi connectivity index (χ1n) is 8.28. The Hall–Kier alpha value is -2.83. The molecule has 1 amide bonds. The van der Waals surface area contributed by atoms with Crippen molar-refractivity contribution in [1.82, 2.24) is 14.7 Å². The highest BCUT2D eigenvalue weighted by Crippen LogP contribution is 2.41. The van der Waals surface area contributed by atoms with E-state index in [0.29, 0.717) is 13.2 Å². The maximum Gasteiger partial charge on any atom is 0.309 e. The molecular weight excluding hydrogens is 322 g/mol. The first kappa shape index (κ1) is 15.7. The van der Waals surface area contributed by atoms with E-state index >= 15 is 0 Å². The predicted molar refractivity (Wildman–Crippen MR) is 87.9 cm³/mol. The van der Waals surface area contributed by atoms with Gasteiger partial charge < -0.3 is 14.7 Å². The van der Waals surface area contributed by atoms with Crippen LogP contribution < -0.4 is 4.74 Å². The van der Waals surface area contributed by atoms with Gasteiger partial charge in [-0.2, -0.15) is 5.10 Å². The van der Waals surface area contributed by atoms with Crippen molar-refractivity contribution in [3.05, 3.63) is 47.3 Å². The first-order valence-corrected chi connectivity index (χ1v) is 8.28. The van der Waals surface area contributed by atoms with Gasteiger partial charge in [0.2, 0.25) is 5.91 Å². The van der Waals surface area contributed by atoms with Gasteiger partial charge in [-0.3, -0.25) is 14.3 Å². The van der Waals surface area contributed by atoms with Gasteiger partial charge in [-0.1, -0.05) is 6.07 Å². The third-order valence-corrected chi connectivity index (χ3v) is 4.92. The number of aryl methyl sites for hydroxylation is 1. The number of nitrogens with zero attached hydrogens (tertiary/aromatic N) is 3. The largest absolute Gasteiger partial charge is 0.493 e. The minimum Gasteiger partial charge on any atom is -0.493 e. The maximum absolute atomic E-state index is 12.5. The van der Waals surface area contributed by atoms with Gasteiger partial charge in [0.05, 0.1) is 24.8 Å². The number of carboxylic acids is 1. The summed E-state index contributed by atoms with van der Waals surface area (Å²) in [6, 6.07) is 5.26. The van der Waals surface area contributed by atoms with E-state index in [-0.39, 0.29) is 12.3 Å². The lowest BCUT2D eigenvalue weighted by molar-refractivity contribution is -0.142. The average molecular weight is 341 g/mol. The van der Waals surface area contributed by atoms with Gasteiger partial charge in [-0.15, -0.1) is 0 Å². The Balaban J connectivity index is 1.70. The van der Waals surface area contributed by atoms with Gasteiger partial charge in [0.15, 0.2) is 0 Å². The Morgan fingerprint density at radius 2 is 2.28 bits per heavy atom. The average Bonchev–Trinajstić information content (AvgIpc) is 3.27. The highest BCUT2D eigenvalue weighted by molar-refractivity contribution is 5.87. The van der Waals surface area contributed by atoms with Crippen LogP contribution in [0.3, 0.4) is 0 Å². The molecule has 0 radical (unpaired) electrons. The fraction of sp³-hybridized carbons (Fsp3) is 0.389. The second kappa shape index (κ2) is 5.91. The summed E-state index contributed by atoms with van der Waals surface area (Å²) in [5.41, 5.74) is 2.81. The number of carbonyl (C=O) groups excluding carboxylic acids is 1. The Bertz CT molecular complexity index is 845. The summed E-state index contributed by atoms with van der Waals surface area (Å²) >= 11 is 0. The number of benzene rings is 1. The van der Waals surface area contributed by atoms with E-state index < -0.39 is 17.9 Å². The number of fused-ring (bicyclic) bond motifs is 1. The smallest absolute Gasteiger partial charge is 0.309 e. The molecule has 1 saturated heterocycles. The summed E-state index contributed by atoms with van der Waals surface area (Å²) in [5.74, 6) is -0.981. The standard InChI is InChI=1S/C18H19N3O4/c1-20-9-11(8-19-20)10-21-16(22)7-14(18(23)24)17(21)13-2-3-15-12(6-13)4-5-25-15/h2-3,6,8-9,14,17H,4-5,7,10H2,1H3,(H,23,24)/t14-,17-/m1/s1. The fourth-order valence-electron chi connectivity index (χ4n) is 3.75. The molecule has 2 atom stereocenters. The zero-order valence-corrected chi connectivity index (χ0v) is 13.9. The molecule has 3 heterocycles. The van der Waals surface area contributed by atoms with E-state index in [2.05, 4.69) is 5.10 Å². The Kier molecular flexibility index (Phi) is 3.71. The molecule has 7 nitrogen and oxygen atoms in total. The normalized spacial score (nSPS) is 22.1. The number of likely N-dealkylation sites (tertiary alicyclic amines) is 1. The SMILES string of the molecule is Cn1cc(CN2C(=O)C[C@@H](C(=O)O)[C@H]2c2ccc3c(c2)CCO3)cn1. The highest BCUT2D eigenvalue weighted by atomic mass is 16.5. The van der Waals surface area contributed by atoms with Crippen LogP contribution >= 0.6 is 0 Å². The van der Waals surface area contributed by atoms with E-state index in [1.807, 2.05) is 31.4 Å². The summed E-state index contributed by atoms with van der Waals surface area (Å²) in [7, 11) is 1.81. The number of carboxylic acid groups (broad SMARTS) is 1. The van der Waals surface area contributed by atoms with Crippen molar-refractivity contribution in [3.8, 4) is 5.75 Å². The summed E-state index contributed by atoms with van der Waals surface area (Å²) < 4.78 is 7.20. The molecule has 0 bridgehead atoms. The van der Waals surface area contributed by atoms with Crippen LogP contribution in [0, 0.1) is 5.92 Å². The molecule has 130 valence electrons. The van der Waals surface area contributed by atoms with Crippen molar-refractivity contribution in [2.45, 2.75) is 25.4 Å². The van der Waals surface area contributed by atoms with E-state index in [1.165, 1.54) is 0 Å². The monoisotopic (exact) mass is 341 g/mol. The first-order chi connectivity index (χ1) is 12.0. The Labute approximate surface area is 144 Å². The molecule has 1 aromatic carbocycles. The van der Waals surface area contributed by atoms with Gasteiger partial charge in [0.1, 0.15) is 5.75 Å². The van der Waals surface area contributed by atoms with Gasteiger partial charge in [-0.05, 0) is 23.3 Å². The van der Waals surface area contributed by atoms with Crippen LogP contribution in [0.5, 0.6) is 5.75 Å². The molecule has 0 saturated carbocycles. The van der Waals surface area contributed by atoms with E-state index in [4.69, 9.17) is 4.74 Å². The maximum atomic E-state index is 12.5. The lowest BCUT2D eigenvalue weighted by Gasteiger charge is -2.27. The van der Waals surface area contributed by atoms with Gasteiger partial charge in [0, 0.05) is 38.2 Å². The molecule has 2 aliphatic rings. The molecular formula is C18H19N3O4. The summed E-state index contributed by atoms with van der Waals surface area (Å²) in [6.07, 6.45) is 4.38. The lowest BCUT2D eigenvalue weighted by atomic mass is 9.92. The zero-order chi connectivity index (χ0) is 17.6.